The number of aryl methyl sites for hydroxylation is 1. The lowest BCUT2D eigenvalue weighted by molar-refractivity contribution is -0.115. The lowest BCUT2D eigenvalue weighted by Crippen LogP contribution is -2.14. The number of nitrogens with one attached hydrogen (secondary N) is 1. The van der Waals surface area contributed by atoms with E-state index in [0.29, 0.717) is 6.42 Å². The van der Waals surface area contributed by atoms with Crippen LogP contribution in [0.25, 0.3) is 21.7 Å². The van der Waals surface area contributed by atoms with E-state index in [1.807, 2.05) is 67.6 Å². The van der Waals surface area contributed by atoms with Crippen LogP contribution in [0.1, 0.15) is 11.1 Å². The first kappa shape index (κ1) is 14.5. The van der Waals surface area contributed by atoms with Crippen LogP contribution in [0.2, 0.25) is 0 Å². The topological polar surface area (TPSA) is 42.2 Å². The third-order valence-electron chi connectivity index (χ3n) is 4.23. The van der Waals surface area contributed by atoms with Crippen molar-refractivity contribution in [3.05, 3.63) is 78.1 Å². The monoisotopic (exact) mass is 315 g/mol. The molecule has 3 aromatic carbocycles. The largest absolute Gasteiger partial charge is 0.464 e. The highest BCUT2D eigenvalue weighted by atomic mass is 16.3. The van der Waals surface area contributed by atoms with Gasteiger partial charge in [-0.2, -0.15) is 0 Å². The number of benzene rings is 3. The van der Waals surface area contributed by atoms with Crippen molar-refractivity contribution in [1.82, 2.24) is 0 Å². The third kappa shape index (κ3) is 2.65. The summed E-state index contributed by atoms with van der Waals surface area (Å²) in [6, 6.07) is 20.0. The number of carbonyl (C=O) groups excluding carboxylic acids is 1. The van der Waals surface area contributed by atoms with Crippen LogP contribution < -0.4 is 5.32 Å². The van der Waals surface area contributed by atoms with Crippen LogP contribution in [0.4, 0.5) is 5.69 Å². The molecule has 3 heteroatoms. The van der Waals surface area contributed by atoms with E-state index in [2.05, 4.69) is 5.32 Å². The first-order valence-corrected chi connectivity index (χ1v) is 7.95. The van der Waals surface area contributed by atoms with Gasteiger partial charge in [-0.15, -0.1) is 0 Å². The average Bonchev–Trinajstić information content (AvgIpc) is 2.97. The minimum absolute atomic E-state index is 0.0466. The molecule has 24 heavy (non-hydrogen) atoms. The second-order valence-electron chi connectivity index (χ2n) is 6.01. The number of amides is 1. The maximum atomic E-state index is 12.5. The molecule has 0 aliphatic rings. The smallest absolute Gasteiger partial charge is 0.228 e. The SMILES string of the molecule is Cc1ccc2c(CC(=O)Nc3cccc4ccccc34)coc2c1. The molecule has 4 aromatic rings. The second kappa shape index (κ2) is 5.85. The maximum absolute atomic E-state index is 12.5. The summed E-state index contributed by atoms with van der Waals surface area (Å²) in [6.07, 6.45) is 1.96. The van der Waals surface area contributed by atoms with E-state index in [-0.39, 0.29) is 5.91 Å². The van der Waals surface area contributed by atoms with Crippen LogP contribution in [0, 0.1) is 6.92 Å². The fraction of sp³-hybridized carbons (Fsp3) is 0.0952. The zero-order valence-corrected chi connectivity index (χ0v) is 13.4. The Hall–Kier alpha value is -3.07. The van der Waals surface area contributed by atoms with Crippen molar-refractivity contribution >= 4 is 33.3 Å². The van der Waals surface area contributed by atoms with E-state index in [1.165, 1.54) is 0 Å². The van der Waals surface area contributed by atoms with Crippen LogP contribution >= 0.6 is 0 Å². The highest BCUT2D eigenvalue weighted by molar-refractivity contribution is 6.03. The lowest BCUT2D eigenvalue weighted by atomic mass is 10.1. The molecule has 0 bridgehead atoms. The van der Waals surface area contributed by atoms with Gasteiger partial charge in [0.2, 0.25) is 5.91 Å². The third-order valence-corrected chi connectivity index (χ3v) is 4.23. The number of carbonyl (C=O) groups is 1. The minimum Gasteiger partial charge on any atom is -0.464 e. The van der Waals surface area contributed by atoms with E-state index < -0.39 is 0 Å². The van der Waals surface area contributed by atoms with Gasteiger partial charge in [-0.1, -0.05) is 48.5 Å². The Morgan fingerprint density at radius 2 is 1.83 bits per heavy atom. The Balaban J connectivity index is 1.60. The van der Waals surface area contributed by atoms with Crippen molar-refractivity contribution in [3.8, 4) is 0 Å². The van der Waals surface area contributed by atoms with Crippen molar-refractivity contribution in [3.63, 3.8) is 0 Å². The van der Waals surface area contributed by atoms with Gasteiger partial charge in [0, 0.05) is 22.0 Å². The number of fused-ring (bicyclic) bond motifs is 2. The second-order valence-corrected chi connectivity index (χ2v) is 6.01. The lowest BCUT2D eigenvalue weighted by Gasteiger charge is -2.08. The molecule has 1 amide bonds. The molecular weight excluding hydrogens is 298 g/mol. The minimum atomic E-state index is -0.0466. The Bertz CT molecular complexity index is 1040. The Kier molecular flexibility index (Phi) is 3.54. The molecule has 1 N–H and O–H groups in total. The van der Waals surface area contributed by atoms with E-state index >= 15 is 0 Å². The quantitative estimate of drug-likeness (QED) is 0.573. The summed E-state index contributed by atoms with van der Waals surface area (Å²) in [7, 11) is 0. The molecule has 118 valence electrons. The summed E-state index contributed by atoms with van der Waals surface area (Å²) in [5.41, 5.74) is 3.70. The molecule has 0 spiro atoms. The molecule has 0 unspecified atom stereocenters. The van der Waals surface area contributed by atoms with Gasteiger partial charge in [0.1, 0.15) is 5.58 Å². The summed E-state index contributed by atoms with van der Waals surface area (Å²) >= 11 is 0. The Morgan fingerprint density at radius 3 is 2.75 bits per heavy atom. The van der Waals surface area contributed by atoms with Crippen LogP contribution in [0.5, 0.6) is 0 Å². The first-order chi connectivity index (χ1) is 11.7. The summed E-state index contributed by atoms with van der Waals surface area (Å²) in [5.74, 6) is -0.0466. The van der Waals surface area contributed by atoms with Gasteiger partial charge >= 0.3 is 0 Å². The molecule has 0 radical (unpaired) electrons. The molecule has 1 aromatic heterocycles. The van der Waals surface area contributed by atoms with Crippen molar-refractivity contribution < 1.29 is 9.21 Å². The zero-order valence-electron chi connectivity index (χ0n) is 13.4. The number of hydrogen-bond donors (Lipinski definition) is 1. The number of hydrogen-bond acceptors (Lipinski definition) is 2. The molecule has 3 nitrogen and oxygen atoms in total. The predicted octanol–water partition coefficient (Wildman–Crippen LogP) is 5.08. The molecule has 0 saturated heterocycles. The summed E-state index contributed by atoms with van der Waals surface area (Å²) in [5, 5.41) is 6.17. The average molecular weight is 315 g/mol. The fourth-order valence-corrected chi connectivity index (χ4v) is 3.03. The molecule has 0 aliphatic carbocycles. The number of rotatable bonds is 3. The standard InChI is InChI=1S/C21H17NO2/c1-14-9-10-18-16(13-24-20(18)11-14)12-21(23)22-19-8-4-6-15-5-2-3-7-17(15)19/h2-11,13H,12H2,1H3,(H,22,23). The molecule has 0 atom stereocenters. The Morgan fingerprint density at radius 1 is 1.00 bits per heavy atom. The summed E-state index contributed by atoms with van der Waals surface area (Å²) in [6.45, 7) is 2.02. The van der Waals surface area contributed by atoms with Gasteiger partial charge in [0.25, 0.3) is 0 Å². The summed E-state index contributed by atoms with van der Waals surface area (Å²) < 4.78 is 5.57. The van der Waals surface area contributed by atoms with Gasteiger partial charge in [-0.3, -0.25) is 4.79 Å². The van der Waals surface area contributed by atoms with Gasteiger partial charge in [0.15, 0.2) is 0 Å². The van der Waals surface area contributed by atoms with Crippen LogP contribution in [-0.4, -0.2) is 5.91 Å². The zero-order chi connectivity index (χ0) is 16.5. The van der Waals surface area contributed by atoms with E-state index in [4.69, 9.17) is 4.42 Å². The van der Waals surface area contributed by atoms with E-state index in [9.17, 15) is 4.79 Å². The Labute approximate surface area is 139 Å². The molecule has 4 rings (SSSR count). The molecule has 0 aliphatic heterocycles. The number of anilines is 1. The van der Waals surface area contributed by atoms with Crippen molar-refractivity contribution in [2.45, 2.75) is 13.3 Å². The molecular formula is C21H17NO2. The molecule has 1 heterocycles. The highest BCUT2D eigenvalue weighted by Gasteiger charge is 2.11. The van der Waals surface area contributed by atoms with Gasteiger partial charge in [0.05, 0.1) is 12.7 Å². The van der Waals surface area contributed by atoms with Gasteiger partial charge in [-0.05, 0) is 30.0 Å². The maximum Gasteiger partial charge on any atom is 0.228 e. The van der Waals surface area contributed by atoms with Crippen molar-refractivity contribution in [1.29, 1.82) is 0 Å². The predicted molar refractivity (Wildman–Crippen MR) is 97.2 cm³/mol. The fourth-order valence-electron chi connectivity index (χ4n) is 3.03. The van der Waals surface area contributed by atoms with Gasteiger partial charge in [-0.25, -0.2) is 0 Å². The summed E-state index contributed by atoms with van der Waals surface area (Å²) in [4.78, 5) is 12.5. The van der Waals surface area contributed by atoms with Crippen LogP contribution in [0.15, 0.2) is 71.3 Å². The molecule has 0 fully saturated rings. The van der Waals surface area contributed by atoms with Crippen molar-refractivity contribution in [2.24, 2.45) is 0 Å². The van der Waals surface area contributed by atoms with Gasteiger partial charge < -0.3 is 9.73 Å². The first-order valence-electron chi connectivity index (χ1n) is 7.95. The van der Waals surface area contributed by atoms with Crippen LogP contribution in [-0.2, 0) is 11.2 Å². The normalized spacial score (nSPS) is 11.0. The van der Waals surface area contributed by atoms with E-state index in [1.54, 1.807) is 6.26 Å². The molecule has 0 saturated carbocycles. The van der Waals surface area contributed by atoms with E-state index in [0.717, 1.165) is 38.6 Å². The number of furan rings is 1. The highest BCUT2D eigenvalue weighted by Crippen LogP contribution is 2.25. The van der Waals surface area contributed by atoms with Crippen LogP contribution in [0.3, 0.4) is 0 Å². The van der Waals surface area contributed by atoms with Crippen molar-refractivity contribution in [2.75, 3.05) is 5.32 Å².